The second kappa shape index (κ2) is 28.9. The average Bonchev–Trinajstić information content (AvgIpc) is 2.92. The smallest absolute Gasteiger partial charge is 0.267 e. The molecule has 2 atom stereocenters. The summed E-state index contributed by atoms with van der Waals surface area (Å²) in [4.78, 5) is 12.4. The predicted molar refractivity (Wildman–Crippen MR) is 175 cm³/mol. The summed E-state index contributed by atoms with van der Waals surface area (Å²) < 4.78 is 32.2. The maximum absolute atomic E-state index is 12.4. The summed E-state index contributed by atoms with van der Waals surface area (Å²) in [5, 5.41) is 13.1. The minimum atomic E-state index is -4.33. The molecule has 0 aliphatic heterocycles. The van der Waals surface area contributed by atoms with Crippen molar-refractivity contribution in [2.75, 3.05) is 5.75 Å². The van der Waals surface area contributed by atoms with Gasteiger partial charge < -0.3 is 10.4 Å². The van der Waals surface area contributed by atoms with Crippen molar-refractivity contribution in [3.63, 3.8) is 0 Å². The van der Waals surface area contributed by atoms with Crippen LogP contribution < -0.4 is 5.32 Å². The van der Waals surface area contributed by atoms with Gasteiger partial charge in [-0.2, -0.15) is 8.42 Å². The van der Waals surface area contributed by atoms with Gasteiger partial charge in [0.15, 0.2) is 0 Å². The van der Waals surface area contributed by atoms with E-state index >= 15 is 0 Å². The fraction of sp³-hybridized carbons (Fsp3) is 0.853. The number of aliphatic hydroxyl groups excluding tert-OH is 1. The van der Waals surface area contributed by atoms with Crippen molar-refractivity contribution in [3.05, 3.63) is 24.3 Å². The van der Waals surface area contributed by atoms with Crippen molar-refractivity contribution in [1.29, 1.82) is 0 Å². The molecule has 242 valence electrons. The maximum atomic E-state index is 12.4. The topological polar surface area (TPSA) is 104 Å². The molecule has 3 N–H and O–H groups in total. The highest BCUT2D eigenvalue weighted by Gasteiger charge is 2.24. The molecule has 2 unspecified atom stereocenters. The Morgan fingerprint density at radius 3 is 1.46 bits per heavy atom. The van der Waals surface area contributed by atoms with E-state index in [0.717, 1.165) is 57.8 Å². The lowest BCUT2D eigenvalue weighted by Gasteiger charge is -2.21. The van der Waals surface area contributed by atoms with Crippen molar-refractivity contribution in [2.45, 2.75) is 180 Å². The summed E-state index contributed by atoms with van der Waals surface area (Å²) in [5.74, 6) is -0.989. The second-order valence-electron chi connectivity index (χ2n) is 11.8. The molecule has 6 nitrogen and oxygen atoms in total. The molecule has 0 aliphatic carbocycles. The van der Waals surface area contributed by atoms with Crippen LogP contribution in [0.3, 0.4) is 0 Å². The Morgan fingerprint density at radius 1 is 0.634 bits per heavy atom. The summed E-state index contributed by atoms with van der Waals surface area (Å²) in [5.41, 5.74) is 0. The van der Waals surface area contributed by atoms with Gasteiger partial charge in [-0.05, 0) is 44.9 Å². The van der Waals surface area contributed by atoms with Gasteiger partial charge in [-0.1, -0.05) is 141 Å². The lowest BCUT2D eigenvalue weighted by atomic mass is 10.1. The molecule has 0 spiro atoms. The van der Waals surface area contributed by atoms with E-state index in [2.05, 4.69) is 31.3 Å². The minimum absolute atomic E-state index is 0.287. The summed E-state index contributed by atoms with van der Waals surface area (Å²) in [6.45, 7) is 4.47. The first kappa shape index (κ1) is 39.8. The minimum Gasteiger partial charge on any atom is -0.387 e. The van der Waals surface area contributed by atoms with Crippen LogP contribution in [0.2, 0.25) is 0 Å². The van der Waals surface area contributed by atoms with Gasteiger partial charge in [0.25, 0.3) is 10.1 Å². The number of rotatable bonds is 30. The zero-order valence-corrected chi connectivity index (χ0v) is 27.5. The Kier molecular flexibility index (Phi) is 28.1. The van der Waals surface area contributed by atoms with Crippen LogP contribution in [0, 0.1) is 0 Å². The van der Waals surface area contributed by atoms with Crippen LogP contribution >= 0.6 is 0 Å². The SMILES string of the molecule is CCCCCCCC/C=C\CCCCCCCC(=O)NC(CS(=O)(=O)O)C(O)/C=C/CCCCCCCCCCC. The number of amides is 1. The molecule has 0 heterocycles. The number of unbranched alkanes of at least 4 members (excludes halogenated alkanes) is 20. The van der Waals surface area contributed by atoms with Gasteiger partial charge in [-0.25, -0.2) is 0 Å². The number of hydrogen-bond donors (Lipinski definition) is 3. The molecule has 0 aromatic carbocycles. The number of aliphatic hydroxyl groups is 1. The van der Waals surface area contributed by atoms with Crippen LogP contribution in [-0.4, -0.2) is 41.9 Å². The quantitative estimate of drug-likeness (QED) is 0.0434. The second-order valence-corrected chi connectivity index (χ2v) is 13.3. The van der Waals surface area contributed by atoms with Gasteiger partial charge >= 0.3 is 0 Å². The normalized spacial score (nSPS) is 13.8. The van der Waals surface area contributed by atoms with Gasteiger partial charge in [-0.3, -0.25) is 9.35 Å². The summed E-state index contributed by atoms with van der Waals surface area (Å²) >= 11 is 0. The Balaban J connectivity index is 4.03. The van der Waals surface area contributed by atoms with Crippen molar-refractivity contribution in [3.8, 4) is 0 Å². The lowest BCUT2D eigenvalue weighted by molar-refractivity contribution is -0.122. The van der Waals surface area contributed by atoms with Crippen molar-refractivity contribution in [1.82, 2.24) is 5.32 Å². The number of nitrogens with one attached hydrogen (secondary N) is 1. The number of carbonyl (C=O) groups is 1. The number of hydrogen-bond acceptors (Lipinski definition) is 4. The maximum Gasteiger partial charge on any atom is 0.267 e. The molecule has 0 saturated carbocycles. The van der Waals surface area contributed by atoms with E-state index in [-0.39, 0.29) is 12.3 Å². The lowest BCUT2D eigenvalue weighted by Crippen LogP contribution is -2.46. The molecule has 41 heavy (non-hydrogen) atoms. The summed E-state index contributed by atoms with van der Waals surface area (Å²) in [7, 11) is -4.33. The van der Waals surface area contributed by atoms with Gasteiger partial charge in [-0.15, -0.1) is 0 Å². The van der Waals surface area contributed by atoms with Crippen LogP contribution in [0.25, 0.3) is 0 Å². The fourth-order valence-electron chi connectivity index (χ4n) is 5.03. The van der Waals surface area contributed by atoms with Gasteiger partial charge in [0.05, 0.1) is 17.9 Å². The van der Waals surface area contributed by atoms with Gasteiger partial charge in [0.1, 0.15) is 0 Å². The third-order valence-corrected chi connectivity index (χ3v) is 8.40. The highest BCUT2D eigenvalue weighted by molar-refractivity contribution is 7.85. The van der Waals surface area contributed by atoms with Gasteiger partial charge in [0.2, 0.25) is 5.91 Å². The molecule has 7 heteroatoms. The fourth-order valence-corrected chi connectivity index (χ4v) is 5.76. The molecule has 0 saturated heterocycles. The standard InChI is InChI=1S/C34H65NO5S/c1-3-5-7-9-11-13-15-16-17-18-20-22-24-26-28-30-34(37)35-32(31-41(38,39)40)33(36)29-27-25-23-21-19-14-12-10-8-6-4-2/h16-17,27,29,32-33,36H,3-15,18-26,28,30-31H2,1-2H3,(H,35,37)(H,38,39,40)/b17-16-,29-27+. The first-order valence-corrected chi connectivity index (χ1v) is 18.6. The molecular formula is C34H65NO5S. The Labute approximate surface area is 254 Å². The Bertz CT molecular complexity index is 750. The first-order chi connectivity index (χ1) is 19.8. The molecule has 0 aromatic rings. The van der Waals surface area contributed by atoms with E-state index in [1.165, 1.54) is 89.9 Å². The van der Waals surface area contributed by atoms with Crippen LogP contribution in [0.15, 0.2) is 24.3 Å². The number of carbonyl (C=O) groups excluding carboxylic acids is 1. The molecule has 0 aromatic heterocycles. The van der Waals surface area contributed by atoms with E-state index in [1.807, 2.05) is 6.08 Å². The third kappa shape index (κ3) is 30.1. The van der Waals surface area contributed by atoms with Gasteiger partial charge in [0, 0.05) is 6.42 Å². The monoisotopic (exact) mass is 599 g/mol. The molecule has 0 bridgehead atoms. The number of allylic oxidation sites excluding steroid dienone is 3. The van der Waals surface area contributed by atoms with Crippen LogP contribution in [0.5, 0.6) is 0 Å². The molecule has 0 radical (unpaired) electrons. The molecule has 0 aliphatic rings. The van der Waals surface area contributed by atoms with Crippen LogP contribution in [-0.2, 0) is 14.9 Å². The van der Waals surface area contributed by atoms with E-state index in [4.69, 9.17) is 0 Å². The molecule has 0 rings (SSSR count). The first-order valence-electron chi connectivity index (χ1n) is 17.0. The van der Waals surface area contributed by atoms with E-state index in [1.54, 1.807) is 6.08 Å². The zero-order chi connectivity index (χ0) is 30.4. The van der Waals surface area contributed by atoms with E-state index < -0.39 is 28.0 Å². The largest absolute Gasteiger partial charge is 0.387 e. The van der Waals surface area contributed by atoms with Crippen molar-refractivity contribution in [2.24, 2.45) is 0 Å². The Hall–Kier alpha value is -1.18. The van der Waals surface area contributed by atoms with Crippen LogP contribution in [0.4, 0.5) is 0 Å². The Morgan fingerprint density at radius 2 is 1.02 bits per heavy atom. The highest BCUT2D eigenvalue weighted by atomic mass is 32.2. The van der Waals surface area contributed by atoms with E-state index in [9.17, 15) is 22.9 Å². The molecular weight excluding hydrogens is 534 g/mol. The van der Waals surface area contributed by atoms with Crippen molar-refractivity contribution >= 4 is 16.0 Å². The molecule has 1 amide bonds. The third-order valence-electron chi connectivity index (χ3n) is 7.62. The summed E-state index contributed by atoms with van der Waals surface area (Å²) in [6, 6.07) is -1.06. The average molecular weight is 600 g/mol. The van der Waals surface area contributed by atoms with Crippen molar-refractivity contribution < 1.29 is 22.9 Å². The predicted octanol–water partition coefficient (Wildman–Crippen LogP) is 9.23. The molecule has 0 fully saturated rings. The van der Waals surface area contributed by atoms with E-state index in [0.29, 0.717) is 0 Å². The summed E-state index contributed by atoms with van der Waals surface area (Å²) in [6.07, 6.45) is 34.4. The highest BCUT2D eigenvalue weighted by Crippen LogP contribution is 2.12. The van der Waals surface area contributed by atoms with Crippen LogP contribution in [0.1, 0.15) is 168 Å². The zero-order valence-electron chi connectivity index (χ0n) is 26.7.